The highest BCUT2D eigenvalue weighted by atomic mass is 16.1. The van der Waals surface area contributed by atoms with Gasteiger partial charge in [0, 0.05) is 24.3 Å². The molecule has 0 fully saturated rings. The molecular formula is C18H20N2O. The van der Waals surface area contributed by atoms with Gasteiger partial charge in [-0.1, -0.05) is 30.3 Å². The first kappa shape index (κ1) is 13.7. The zero-order valence-electron chi connectivity index (χ0n) is 12.3. The van der Waals surface area contributed by atoms with Gasteiger partial charge in [-0.15, -0.1) is 0 Å². The summed E-state index contributed by atoms with van der Waals surface area (Å²) in [7, 11) is 0. The zero-order chi connectivity index (χ0) is 14.7. The number of carbonyl (C=O) groups excluding carboxylic acids is 1. The normalized spacial score (nSPS) is 12.6. The quantitative estimate of drug-likeness (QED) is 0.904. The maximum absolute atomic E-state index is 12.2. The summed E-state index contributed by atoms with van der Waals surface area (Å²) < 4.78 is 0. The number of anilines is 1. The lowest BCUT2D eigenvalue weighted by atomic mass is 10.1. The highest BCUT2D eigenvalue weighted by molar-refractivity contribution is 5.95. The number of rotatable bonds is 4. The first-order valence-electron chi connectivity index (χ1n) is 7.43. The van der Waals surface area contributed by atoms with E-state index in [1.807, 2.05) is 30.3 Å². The van der Waals surface area contributed by atoms with Crippen molar-refractivity contribution in [3.05, 3.63) is 64.7 Å². The van der Waals surface area contributed by atoms with E-state index in [1.165, 1.54) is 16.7 Å². The maximum Gasteiger partial charge on any atom is 0.251 e. The SMILES string of the molecule is Cc1ccccc1CCNC(=O)c1ccc2c(c1)NCC2. The molecule has 2 aromatic carbocycles. The van der Waals surface area contributed by atoms with Crippen LogP contribution in [0.25, 0.3) is 0 Å². The van der Waals surface area contributed by atoms with Crippen molar-refractivity contribution in [2.75, 3.05) is 18.4 Å². The highest BCUT2D eigenvalue weighted by Gasteiger charge is 2.13. The van der Waals surface area contributed by atoms with Crippen LogP contribution in [0.2, 0.25) is 0 Å². The number of nitrogens with one attached hydrogen (secondary N) is 2. The minimum absolute atomic E-state index is 0.0000779. The van der Waals surface area contributed by atoms with E-state index in [0.717, 1.165) is 30.6 Å². The average molecular weight is 280 g/mol. The summed E-state index contributed by atoms with van der Waals surface area (Å²) in [6.45, 7) is 3.73. The molecule has 108 valence electrons. The topological polar surface area (TPSA) is 41.1 Å². The molecule has 2 aromatic rings. The van der Waals surface area contributed by atoms with E-state index in [9.17, 15) is 4.79 Å². The number of amides is 1. The van der Waals surface area contributed by atoms with E-state index in [4.69, 9.17) is 0 Å². The third kappa shape index (κ3) is 3.07. The van der Waals surface area contributed by atoms with Gasteiger partial charge >= 0.3 is 0 Å². The van der Waals surface area contributed by atoms with Crippen LogP contribution in [0, 0.1) is 6.92 Å². The highest BCUT2D eigenvalue weighted by Crippen LogP contribution is 2.23. The molecule has 3 nitrogen and oxygen atoms in total. The smallest absolute Gasteiger partial charge is 0.251 e. The Balaban J connectivity index is 1.58. The van der Waals surface area contributed by atoms with Crippen molar-refractivity contribution in [1.29, 1.82) is 0 Å². The molecule has 3 heteroatoms. The number of fused-ring (bicyclic) bond motifs is 1. The summed E-state index contributed by atoms with van der Waals surface area (Å²) in [4.78, 5) is 12.2. The average Bonchev–Trinajstić information content (AvgIpc) is 2.96. The first-order chi connectivity index (χ1) is 10.2. The Bertz CT molecular complexity index is 664. The molecule has 1 amide bonds. The van der Waals surface area contributed by atoms with Crippen molar-refractivity contribution >= 4 is 11.6 Å². The largest absolute Gasteiger partial charge is 0.384 e. The van der Waals surface area contributed by atoms with Gasteiger partial charge in [0.2, 0.25) is 0 Å². The molecule has 0 aliphatic carbocycles. The van der Waals surface area contributed by atoms with E-state index < -0.39 is 0 Å². The predicted molar refractivity (Wildman–Crippen MR) is 85.9 cm³/mol. The Labute approximate surface area is 125 Å². The summed E-state index contributed by atoms with van der Waals surface area (Å²) in [6.07, 6.45) is 1.91. The van der Waals surface area contributed by atoms with Crippen LogP contribution in [0.4, 0.5) is 5.69 Å². The molecule has 0 spiro atoms. The Morgan fingerprint density at radius 3 is 2.95 bits per heavy atom. The van der Waals surface area contributed by atoms with Gasteiger partial charge in [0.15, 0.2) is 0 Å². The predicted octanol–water partition coefficient (Wildman–Crippen LogP) is 2.94. The molecule has 2 N–H and O–H groups in total. The summed E-state index contributed by atoms with van der Waals surface area (Å²) in [5.41, 5.74) is 5.68. The van der Waals surface area contributed by atoms with Crippen molar-refractivity contribution in [2.45, 2.75) is 19.8 Å². The van der Waals surface area contributed by atoms with Gasteiger partial charge in [0.25, 0.3) is 5.91 Å². The Hall–Kier alpha value is -2.29. The standard InChI is InChI=1S/C18H20N2O/c1-13-4-2-3-5-14(13)8-11-20-18(21)16-7-6-15-9-10-19-17(15)12-16/h2-7,12,19H,8-11H2,1H3,(H,20,21). The van der Waals surface area contributed by atoms with Crippen molar-refractivity contribution in [2.24, 2.45) is 0 Å². The fraction of sp³-hybridized carbons (Fsp3) is 0.278. The molecule has 1 heterocycles. The molecule has 3 rings (SSSR count). The second-order valence-electron chi connectivity index (χ2n) is 5.48. The Kier molecular flexibility index (Phi) is 3.91. The molecule has 0 saturated carbocycles. The van der Waals surface area contributed by atoms with Crippen LogP contribution in [0.3, 0.4) is 0 Å². The summed E-state index contributed by atoms with van der Waals surface area (Å²) >= 11 is 0. The Morgan fingerprint density at radius 2 is 2.10 bits per heavy atom. The van der Waals surface area contributed by atoms with Gasteiger partial charge in [0.1, 0.15) is 0 Å². The minimum Gasteiger partial charge on any atom is -0.384 e. The second-order valence-corrected chi connectivity index (χ2v) is 5.48. The van der Waals surface area contributed by atoms with Crippen molar-refractivity contribution < 1.29 is 4.79 Å². The minimum atomic E-state index is 0.0000779. The van der Waals surface area contributed by atoms with E-state index >= 15 is 0 Å². The van der Waals surface area contributed by atoms with Crippen LogP contribution in [-0.4, -0.2) is 19.0 Å². The van der Waals surface area contributed by atoms with Crippen molar-refractivity contribution in [1.82, 2.24) is 5.32 Å². The molecule has 0 unspecified atom stereocenters. The van der Waals surface area contributed by atoms with Crippen LogP contribution in [0.1, 0.15) is 27.0 Å². The van der Waals surface area contributed by atoms with Gasteiger partial charge < -0.3 is 10.6 Å². The van der Waals surface area contributed by atoms with Crippen molar-refractivity contribution in [3.8, 4) is 0 Å². The van der Waals surface area contributed by atoms with Crippen LogP contribution in [0.5, 0.6) is 0 Å². The van der Waals surface area contributed by atoms with Gasteiger partial charge in [-0.3, -0.25) is 4.79 Å². The molecule has 0 bridgehead atoms. The molecule has 0 aromatic heterocycles. The molecule has 0 saturated heterocycles. The number of aryl methyl sites for hydroxylation is 1. The lowest BCUT2D eigenvalue weighted by molar-refractivity contribution is 0.0954. The van der Waals surface area contributed by atoms with Gasteiger partial charge in [-0.05, 0) is 48.6 Å². The third-order valence-corrected chi connectivity index (χ3v) is 4.02. The lowest BCUT2D eigenvalue weighted by Gasteiger charge is -2.08. The van der Waals surface area contributed by atoms with E-state index in [1.54, 1.807) is 0 Å². The van der Waals surface area contributed by atoms with Gasteiger partial charge in [-0.25, -0.2) is 0 Å². The van der Waals surface area contributed by atoms with E-state index in [-0.39, 0.29) is 5.91 Å². The van der Waals surface area contributed by atoms with Crippen molar-refractivity contribution in [3.63, 3.8) is 0 Å². The fourth-order valence-electron chi connectivity index (χ4n) is 2.74. The van der Waals surface area contributed by atoms with Crippen LogP contribution in [-0.2, 0) is 12.8 Å². The summed E-state index contributed by atoms with van der Waals surface area (Å²) in [5.74, 6) is 0.0000779. The molecule has 1 aliphatic heterocycles. The molecular weight excluding hydrogens is 260 g/mol. The molecule has 0 atom stereocenters. The van der Waals surface area contributed by atoms with E-state index in [0.29, 0.717) is 6.54 Å². The monoisotopic (exact) mass is 280 g/mol. The van der Waals surface area contributed by atoms with E-state index in [2.05, 4.69) is 29.7 Å². The number of carbonyl (C=O) groups is 1. The summed E-state index contributed by atoms with van der Waals surface area (Å²) in [6, 6.07) is 14.2. The van der Waals surface area contributed by atoms with Crippen LogP contribution >= 0.6 is 0 Å². The Morgan fingerprint density at radius 1 is 1.24 bits per heavy atom. The van der Waals surface area contributed by atoms with Crippen LogP contribution < -0.4 is 10.6 Å². The first-order valence-corrected chi connectivity index (χ1v) is 7.43. The zero-order valence-corrected chi connectivity index (χ0v) is 12.3. The molecule has 0 radical (unpaired) electrons. The lowest BCUT2D eigenvalue weighted by Crippen LogP contribution is -2.25. The number of hydrogen-bond donors (Lipinski definition) is 2. The number of benzene rings is 2. The summed E-state index contributed by atoms with van der Waals surface area (Å²) in [5, 5.41) is 6.30. The number of hydrogen-bond acceptors (Lipinski definition) is 2. The van der Waals surface area contributed by atoms with Gasteiger partial charge in [-0.2, -0.15) is 0 Å². The fourth-order valence-corrected chi connectivity index (χ4v) is 2.74. The van der Waals surface area contributed by atoms with Crippen LogP contribution in [0.15, 0.2) is 42.5 Å². The second kappa shape index (κ2) is 6.00. The third-order valence-electron chi connectivity index (χ3n) is 4.02. The maximum atomic E-state index is 12.2. The van der Waals surface area contributed by atoms with Gasteiger partial charge in [0.05, 0.1) is 0 Å². The molecule has 21 heavy (non-hydrogen) atoms. The molecule has 1 aliphatic rings.